The second-order valence-corrected chi connectivity index (χ2v) is 7.12. The van der Waals surface area contributed by atoms with Crippen LogP contribution in [0.4, 0.5) is 0 Å². The maximum Gasteiger partial charge on any atom is 0.139 e. The third kappa shape index (κ3) is 2.55. The van der Waals surface area contributed by atoms with Crippen LogP contribution < -0.4 is 0 Å². The Morgan fingerprint density at radius 3 is 2.00 bits per heavy atom. The zero-order valence-corrected chi connectivity index (χ0v) is 15.5. The van der Waals surface area contributed by atoms with Gasteiger partial charge >= 0.3 is 0 Å². The molecule has 1 heteroatoms. The Hall–Kier alpha value is -3.32. The zero-order chi connectivity index (χ0) is 18.4. The Labute approximate surface area is 158 Å². The highest BCUT2D eigenvalue weighted by atomic mass is 16.3. The van der Waals surface area contributed by atoms with Crippen molar-refractivity contribution in [2.75, 3.05) is 0 Å². The number of fused-ring (bicyclic) bond motifs is 3. The molecule has 1 nitrogen and oxygen atoms in total. The molecule has 1 aromatic heterocycles. The number of furan rings is 1. The molecule has 27 heavy (non-hydrogen) atoms. The van der Waals surface area contributed by atoms with Gasteiger partial charge in [-0.2, -0.15) is 0 Å². The lowest BCUT2D eigenvalue weighted by Crippen LogP contribution is -1.86. The summed E-state index contributed by atoms with van der Waals surface area (Å²) >= 11 is 0. The highest BCUT2D eigenvalue weighted by Crippen LogP contribution is 2.40. The van der Waals surface area contributed by atoms with E-state index < -0.39 is 0 Å². The van der Waals surface area contributed by atoms with Gasteiger partial charge in [0.15, 0.2) is 0 Å². The second-order valence-electron chi connectivity index (χ2n) is 7.12. The summed E-state index contributed by atoms with van der Waals surface area (Å²) in [6.07, 6.45) is 0. The van der Waals surface area contributed by atoms with Gasteiger partial charge in [0.05, 0.1) is 0 Å². The lowest BCUT2D eigenvalue weighted by Gasteiger charge is -2.08. The number of rotatable bonds is 2. The Morgan fingerprint density at radius 1 is 0.630 bits per heavy atom. The molecule has 0 aliphatic heterocycles. The average Bonchev–Trinajstić information content (AvgIpc) is 3.11. The van der Waals surface area contributed by atoms with Crippen LogP contribution in [-0.4, -0.2) is 0 Å². The summed E-state index contributed by atoms with van der Waals surface area (Å²) in [6.45, 7) is 4.30. The van der Waals surface area contributed by atoms with E-state index in [1.165, 1.54) is 44.2 Å². The molecule has 0 atom stereocenters. The summed E-state index contributed by atoms with van der Waals surface area (Å²) in [5.74, 6) is 0. The molecule has 0 N–H and O–H groups in total. The van der Waals surface area contributed by atoms with Crippen LogP contribution in [0.25, 0.3) is 44.2 Å². The van der Waals surface area contributed by atoms with E-state index in [0.717, 1.165) is 11.2 Å². The van der Waals surface area contributed by atoms with Crippen molar-refractivity contribution in [1.82, 2.24) is 0 Å². The predicted molar refractivity (Wildman–Crippen MR) is 114 cm³/mol. The lowest BCUT2D eigenvalue weighted by atomic mass is 9.94. The van der Waals surface area contributed by atoms with Crippen molar-refractivity contribution in [3.05, 3.63) is 96.1 Å². The van der Waals surface area contributed by atoms with Gasteiger partial charge in [-0.1, -0.05) is 72.8 Å². The molecule has 4 aromatic carbocycles. The van der Waals surface area contributed by atoms with E-state index in [1.807, 2.05) is 6.07 Å². The Kier molecular flexibility index (Phi) is 3.61. The summed E-state index contributed by atoms with van der Waals surface area (Å²) in [7, 11) is 0. The maximum absolute atomic E-state index is 6.39. The molecule has 5 rings (SSSR count). The van der Waals surface area contributed by atoms with E-state index in [4.69, 9.17) is 4.42 Å². The summed E-state index contributed by atoms with van der Waals surface area (Å²) in [6, 6.07) is 29.9. The van der Waals surface area contributed by atoms with E-state index in [1.54, 1.807) is 0 Å². The first-order valence-electron chi connectivity index (χ1n) is 9.29. The summed E-state index contributed by atoms with van der Waals surface area (Å²) < 4.78 is 6.39. The minimum Gasteiger partial charge on any atom is -0.456 e. The molecule has 5 aromatic rings. The monoisotopic (exact) mass is 348 g/mol. The van der Waals surface area contributed by atoms with Gasteiger partial charge < -0.3 is 4.42 Å². The largest absolute Gasteiger partial charge is 0.456 e. The van der Waals surface area contributed by atoms with Crippen molar-refractivity contribution in [2.45, 2.75) is 13.8 Å². The highest BCUT2D eigenvalue weighted by molar-refractivity contribution is 6.14. The fraction of sp³-hybridized carbons (Fsp3) is 0.0769. The van der Waals surface area contributed by atoms with Crippen LogP contribution in [0.1, 0.15) is 11.1 Å². The minimum absolute atomic E-state index is 0.942. The average molecular weight is 348 g/mol. The molecule has 0 spiro atoms. The first-order valence-corrected chi connectivity index (χ1v) is 9.29. The normalized spacial score (nSPS) is 11.3. The number of hydrogen-bond donors (Lipinski definition) is 0. The molecule has 0 radical (unpaired) electrons. The van der Waals surface area contributed by atoms with Gasteiger partial charge in [-0.25, -0.2) is 0 Å². The molecular weight excluding hydrogens is 328 g/mol. The van der Waals surface area contributed by atoms with Crippen LogP contribution >= 0.6 is 0 Å². The van der Waals surface area contributed by atoms with Gasteiger partial charge in [-0.3, -0.25) is 0 Å². The Balaban J connectivity index is 1.84. The number of benzene rings is 4. The van der Waals surface area contributed by atoms with E-state index >= 15 is 0 Å². The number of aryl methyl sites for hydroxylation is 2. The zero-order valence-electron chi connectivity index (χ0n) is 15.5. The number of hydrogen-bond acceptors (Lipinski definition) is 1. The summed E-state index contributed by atoms with van der Waals surface area (Å²) in [4.78, 5) is 0. The van der Waals surface area contributed by atoms with Crippen molar-refractivity contribution in [2.24, 2.45) is 0 Å². The Bertz CT molecular complexity index is 1260. The van der Waals surface area contributed by atoms with Gasteiger partial charge in [0, 0.05) is 10.8 Å². The molecule has 0 amide bonds. The molecule has 0 unspecified atom stereocenters. The fourth-order valence-electron chi connectivity index (χ4n) is 3.86. The molecule has 0 saturated heterocycles. The van der Waals surface area contributed by atoms with Gasteiger partial charge in [-0.15, -0.1) is 0 Å². The second kappa shape index (κ2) is 6.14. The van der Waals surface area contributed by atoms with Gasteiger partial charge in [0.1, 0.15) is 11.2 Å². The van der Waals surface area contributed by atoms with Crippen molar-refractivity contribution >= 4 is 21.9 Å². The highest BCUT2D eigenvalue weighted by Gasteiger charge is 2.16. The molecule has 0 saturated carbocycles. The lowest BCUT2D eigenvalue weighted by molar-refractivity contribution is 0.665. The smallest absolute Gasteiger partial charge is 0.139 e. The molecule has 0 aliphatic carbocycles. The quantitative estimate of drug-likeness (QED) is 0.321. The van der Waals surface area contributed by atoms with Crippen molar-refractivity contribution in [1.29, 1.82) is 0 Å². The molecule has 0 aliphatic rings. The van der Waals surface area contributed by atoms with E-state index in [9.17, 15) is 0 Å². The van der Waals surface area contributed by atoms with E-state index in [2.05, 4.69) is 92.7 Å². The van der Waals surface area contributed by atoms with Crippen LogP contribution in [0.5, 0.6) is 0 Å². The SMILES string of the molecule is Cc1cc(-c2ccccc2)c2c(oc3cc(-c4ccccc4)ccc32)c1C. The summed E-state index contributed by atoms with van der Waals surface area (Å²) in [5.41, 5.74) is 9.24. The van der Waals surface area contributed by atoms with Crippen LogP contribution in [0, 0.1) is 13.8 Å². The first-order chi connectivity index (χ1) is 13.2. The van der Waals surface area contributed by atoms with E-state index in [-0.39, 0.29) is 0 Å². The summed E-state index contributed by atoms with van der Waals surface area (Å²) in [5, 5.41) is 2.38. The topological polar surface area (TPSA) is 13.1 Å². The fourth-order valence-corrected chi connectivity index (χ4v) is 3.86. The third-order valence-electron chi connectivity index (χ3n) is 5.44. The van der Waals surface area contributed by atoms with Crippen LogP contribution in [0.15, 0.2) is 89.3 Å². The molecule has 130 valence electrons. The van der Waals surface area contributed by atoms with Crippen LogP contribution in [0.2, 0.25) is 0 Å². The van der Waals surface area contributed by atoms with Gasteiger partial charge in [-0.05, 0) is 59.4 Å². The standard InChI is InChI=1S/C26H20O/c1-17-15-23(20-11-7-4-8-12-20)25-22-14-13-21(19-9-5-3-6-10-19)16-24(22)27-26(25)18(17)2/h3-16H,1-2H3. The maximum atomic E-state index is 6.39. The third-order valence-corrected chi connectivity index (χ3v) is 5.44. The van der Waals surface area contributed by atoms with Crippen LogP contribution in [-0.2, 0) is 0 Å². The van der Waals surface area contributed by atoms with Crippen molar-refractivity contribution < 1.29 is 4.42 Å². The Morgan fingerprint density at radius 2 is 1.30 bits per heavy atom. The first kappa shape index (κ1) is 15.9. The predicted octanol–water partition coefficient (Wildman–Crippen LogP) is 7.54. The van der Waals surface area contributed by atoms with E-state index in [0.29, 0.717) is 0 Å². The van der Waals surface area contributed by atoms with Gasteiger partial charge in [0.25, 0.3) is 0 Å². The van der Waals surface area contributed by atoms with Crippen LogP contribution in [0.3, 0.4) is 0 Å². The molecule has 1 heterocycles. The van der Waals surface area contributed by atoms with Crippen molar-refractivity contribution in [3.8, 4) is 22.3 Å². The minimum atomic E-state index is 0.942. The molecule has 0 bridgehead atoms. The molecular formula is C26H20O. The molecule has 0 fully saturated rings. The van der Waals surface area contributed by atoms with Crippen molar-refractivity contribution in [3.63, 3.8) is 0 Å². The van der Waals surface area contributed by atoms with Gasteiger partial charge in [0.2, 0.25) is 0 Å².